The second kappa shape index (κ2) is 5.35. The van der Waals surface area contributed by atoms with E-state index in [4.69, 9.17) is 0 Å². The van der Waals surface area contributed by atoms with Crippen LogP contribution >= 0.6 is 0 Å². The molecule has 4 nitrogen and oxygen atoms in total. The summed E-state index contributed by atoms with van der Waals surface area (Å²) in [6.07, 6.45) is 1.64. The van der Waals surface area contributed by atoms with Crippen molar-refractivity contribution < 1.29 is 22.2 Å². The highest BCUT2D eigenvalue weighted by Crippen LogP contribution is 2.19. The minimum Gasteiger partial charge on any atom is -0.350 e. The summed E-state index contributed by atoms with van der Waals surface area (Å²) in [6.45, 7) is -0.282. The molecule has 1 N–H and O–H groups in total. The molecule has 17 heavy (non-hydrogen) atoms. The predicted octanol–water partition coefficient (Wildman–Crippen LogP) is 1.02. The maximum Gasteiger partial charge on any atom is 0.471 e. The average Bonchev–Trinajstić information content (AvgIpc) is 2.62. The number of aromatic nitrogens is 1. The number of amides is 1. The fraction of sp³-hybridized carbons (Fsp3) is 0.444. The zero-order valence-electron chi connectivity index (χ0n) is 8.95. The van der Waals surface area contributed by atoms with Crippen molar-refractivity contribution in [3.63, 3.8) is 0 Å². The van der Waals surface area contributed by atoms with Gasteiger partial charge in [-0.1, -0.05) is 0 Å². The fourth-order valence-electron chi connectivity index (χ4n) is 1.16. The lowest BCUT2D eigenvalue weighted by molar-refractivity contribution is -0.0384. The van der Waals surface area contributed by atoms with Crippen LogP contribution in [0.4, 0.5) is 13.2 Å². The third-order valence-electron chi connectivity index (χ3n) is 2.01. The van der Waals surface area contributed by atoms with E-state index in [1.54, 1.807) is 19.3 Å². The molecule has 1 heterocycles. The number of carbonyl (C=O) groups is 1. The van der Waals surface area contributed by atoms with Gasteiger partial charge in [0.05, 0.1) is 0 Å². The average molecular weight is 268 g/mol. The highest BCUT2D eigenvalue weighted by molar-refractivity contribution is 7.85. The van der Waals surface area contributed by atoms with Gasteiger partial charge >= 0.3 is 5.51 Å². The smallest absolute Gasteiger partial charge is 0.350 e. The lowest BCUT2D eigenvalue weighted by atomic mass is 10.4. The van der Waals surface area contributed by atoms with E-state index in [0.717, 1.165) is 0 Å². The molecule has 1 aromatic rings. The van der Waals surface area contributed by atoms with Crippen LogP contribution in [-0.4, -0.2) is 32.5 Å². The van der Waals surface area contributed by atoms with Gasteiger partial charge in [-0.25, -0.2) is 0 Å². The normalized spacial score (nSPS) is 13.4. The number of hydrogen-bond acceptors (Lipinski definition) is 2. The molecule has 8 heteroatoms. The van der Waals surface area contributed by atoms with Gasteiger partial charge in [0.15, 0.2) is 0 Å². The number of hydrogen-bond donors (Lipinski definition) is 1. The van der Waals surface area contributed by atoms with Crippen molar-refractivity contribution in [3.8, 4) is 0 Å². The summed E-state index contributed by atoms with van der Waals surface area (Å²) in [5.41, 5.74) is -4.39. The van der Waals surface area contributed by atoms with Crippen LogP contribution in [0.5, 0.6) is 0 Å². The highest BCUT2D eigenvalue weighted by Gasteiger charge is 2.36. The van der Waals surface area contributed by atoms with Crippen LogP contribution in [0.2, 0.25) is 0 Å². The monoisotopic (exact) mass is 268 g/mol. The van der Waals surface area contributed by atoms with E-state index in [2.05, 4.69) is 5.32 Å². The Labute approximate surface area is 98.3 Å². The Morgan fingerprint density at radius 2 is 2.18 bits per heavy atom. The van der Waals surface area contributed by atoms with Gasteiger partial charge in [-0.3, -0.25) is 9.00 Å². The van der Waals surface area contributed by atoms with Gasteiger partial charge in [0.1, 0.15) is 16.5 Å². The van der Waals surface area contributed by atoms with Gasteiger partial charge in [0, 0.05) is 25.5 Å². The summed E-state index contributed by atoms with van der Waals surface area (Å²) in [5, 5.41) is 2.28. The van der Waals surface area contributed by atoms with Crippen molar-refractivity contribution in [1.29, 1.82) is 0 Å². The SMILES string of the molecule is Cn1cccc1C(=O)NCCS(=O)C(F)(F)F. The van der Waals surface area contributed by atoms with E-state index in [1.165, 1.54) is 10.6 Å². The maximum atomic E-state index is 11.9. The highest BCUT2D eigenvalue weighted by atomic mass is 32.2. The molecule has 0 fully saturated rings. The third kappa shape index (κ3) is 3.88. The van der Waals surface area contributed by atoms with Crippen molar-refractivity contribution in [2.24, 2.45) is 7.05 Å². The van der Waals surface area contributed by atoms with Crippen LogP contribution < -0.4 is 5.32 Å². The predicted molar refractivity (Wildman–Crippen MR) is 56.8 cm³/mol. The van der Waals surface area contributed by atoms with E-state index in [0.29, 0.717) is 5.69 Å². The standard InChI is InChI=1S/C9H11F3N2O2S/c1-14-5-2-3-7(14)8(15)13-4-6-17(16)9(10,11)12/h2-3,5H,4,6H2,1H3,(H,13,15). The van der Waals surface area contributed by atoms with Crippen molar-refractivity contribution >= 4 is 16.7 Å². The Morgan fingerprint density at radius 3 is 2.65 bits per heavy atom. The number of alkyl halides is 3. The van der Waals surface area contributed by atoms with Crippen LogP contribution in [0.25, 0.3) is 0 Å². The lowest BCUT2D eigenvalue weighted by Gasteiger charge is -2.07. The first-order valence-corrected chi connectivity index (χ1v) is 5.99. The molecular formula is C9H11F3N2O2S. The molecule has 0 saturated heterocycles. The molecule has 1 rings (SSSR count). The minimum atomic E-state index is -4.73. The molecule has 1 unspecified atom stereocenters. The van der Waals surface area contributed by atoms with E-state index in [9.17, 15) is 22.2 Å². The van der Waals surface area contributed by atoms with E-state index in [1.807, 2.05) is 0 Å². The van der Waals surface area contributed by atoms with Gasteiger partial charge < -0.3 is 9.88 Å². The molecule has 0 radical (unpaired) electrons. The zero-order chi connectivity index (χ0) is 13.1. The summed E-state index contributed by atoms with van der Waals surface area (Å²) in [7, 11) is -1.29. The van der Waals surface area contributed by atoms with Crippen LogP contribution in [0, 0.1) is 0 Å². The number of aryl methyl sites for hydroxylation is 1. The van der Waals surface area contributed by atoms with Gasteiger partial charge in [0.25, 0.3) is 5.91 Å². The minimum absolute atomic E-state index is 0.282. The molecule has 0 aliphatic rings. The summed E-state index contributed by atoms with van der Waals surface area (Å²) >= 11 is 0. The van der Waals surface area contributed by atoms with E-state index < -0.39 is 28.0 Å². The number of nitrogens with one attached hydrogen (secondary N) is 1. The second-order valence-electron chi connectivity index (χ2n) is 3.26. The summed E-state index contributed by atoms with van der Waals surface area (Å²) < 4.78 is 47.8. The zero-order valence-corrected chi connectivity index (χ0v) is 9.77. The lowest BCUT2D eigenvalue weighted by Crippen LogP contribution is -2.31. The summed E-state index contributed by atoms with van der Waals surface area (Å²) in [5.74, 6) is -1.13. The van der Waals surface area contributed by atoms with Crippen molar-refractivity contribution in [1.82, 2.24) is 9.88 Å². The fourth-order valence-corrected chi connectivity index (χ4v) is 1.68. The third-order valence-corrected chi connectivity index (χ3v) is 3.10. The number of nitrogens with zero attached hydrogens (tertiary/aromatic N) is 1. The second-order valence-corrected chi connectivity index (χ2v) is 4.82. The van der Waals surface area contributed by atoms with Gasteiger partial charge in [-0.15, -0.1) is 0 Å². The molecule has 0 aliphatic carbocycles. The molecule has 1 atom stereocenters. The molecular weight excluding hydrogens is 257 g/mol. The molecule has 96 valence electrons. The molecule has 0 bridgehead atoms. The Bertz CT molecular complexity index is 428. The quantitative estimate of drug-likeness (QED) is 0.886. The van der Waals surface area contributed by atoms with Gasteiger partial charge in [0.2, 0.25) is 0 Å². The van der Waals surface area contributed by atoms with Crippen LogP contribution in [0.15, 0.2) is 18.3 Å². The van der Waals surface area contributed by atoms with E-state index in [-0.39, 0.29) is 6.54 Å². The Balaban J connectivity index is 2.41. The van der Waals surface area contributed by atoms with E-state index >= 15 is 0 Å². The Kier molecular flexibility index (Phi) is 4.33. The number of rotatable bonds is 4. The number of carbonyl (C=O) groups excluding carboxylic acids is 1. The van der Waals surface area contributed by atoms with Crippen molar-refractivity contribution in [3.05, 3.63) is 24.0 Å². The van der Waals surface area contributed by atoms with Crippen molar-refractivity contribution in [2.45, 2.75) is 5.51 Å². The van der Waals surface area contributed by atoms with Crippen LogP contribution in [0.1, 0.15) is 10.5 Å². The molecule has 1 aromatic heterocycles. The topological polar surface area (TPSA) is 51.1 Å². The maximum absolute atomic E-state index is 11.9. The summed E-state index contributed by atoms with van der Waals surface area (Å²) in [6, 6.07) is 3.18. The first kappa shape index (κ1) is 13.8. The first-order chi connectivity index (χ1) is 7.82. The van der Waals surface area contributed by atoms with Gasteiger partial charge in [-0.2, -0.15) is 13.2 Å². The molecule has 0 spiro atoms. The molecule has 0 aromatic carbocycles. The molecule has 0 saturated carbocycles. The van der Waals surface area contributed by atoms with Gasteiger partial charge in [-0.05, 0) is 12.1 Å². The van der Waals surface area contributed by atoms with Crippen LogP contribution in [0.3, 0.4) is 0 Å². The van der Waals surface area contributed by atoms with Crippen LogP contribution in [-0.2, 0) is 17.8 Å². The largest absolute Gasteiger partial charge is 0.471 e. The summed E-state index contributed by atoms with van der Waals surface area (Å²) in [4.78, 5) is 11.4. The first-order valence-electron chi connectivity index (χ1n) is 4.67. The Morgan fingerprint density at radius 1 is 1.53 bits per heavy atom. The number of halogens is 3. The Hall–Kier alpha value is -1.31. The van der Waals surface area contributed by atoms with Crippen molar-refractivity contribution in [2.75, 3.05) is 12.3 Å². The molecule has 1 amide bonds. The molecule has 0 aliphatic heterocycles.